The van der Waals surface area contributed by atoms with Crippen LogP contribution < -0.4 is 10.6 Å². The number of fused-ring (bicyclic) bond motifs is 10. The van der Waals surface area contributed by atoms with Gasteiger partial charge in [-0.05, 0) is 98.5 Å². The highest BCUT2D eigenvalue weighted by Crippen LogP contribution is 2.66. The summed E-state index contributed by atoms with van der Waals surface area (Å²) >= 11 is 0. The number of aliphatic hydroxyl groups excluding tert-OH is 1. The number of hydrogen-bond acceptors (Lipinski definition) is 6. The van der Waals surface area contributed by atoms with Gasteiger partial charge in [-0.15, -0.1) is 0 Å². The molecule has 6 rings (SSSR count). The van der Waals surface area contributed by atoms with E-state index in [-0.39, 0.29) is 53.2 Å². The van der Waals surface area contributed by atoms with Crippen molar-refractivity contribution in [2.75, 3.05) is 13.7 Å². The quantitative estimate of drug-likeness (QED) is 0.378. The van der Waals surface area contributed by atoms with Gasteiger partial charge in [-0.25, -0.2) is 0 Å². The molecule has 4 unspecified atom stereocenters. The standard InChI is InChI=1S/C30H40N2O6/c1-14-12-18-19-13-16-9-10-21(33)26-27(35)20(32-30(26)36)7-5-11-31-22(34)8-4-6-17(16)24(19)28-29(38-28)25(18)23(14)15(2)37-3/h4,8-10,14-20,23-25,28-29,33H,5-7,11-13H2,1-3H3,(H,31,34)(H,32,36)/b8-4-,10-9+,26-21?/t14-,15+,16-,17+,18-,19?,20+,23?,24?,25?,28-,29-/m1/s1. The highest BCUT2D eigenvalue weighted by Gasteiger charge is 2.68. The van der Waals surface area contributed by atoms with Gasteiger partial charge in [0.1, 0.15) is 11.3 Å². The molecular formula is C30H40N2O6. The summed E-state index contributed by atoms with van der Waals surface area (Å²) in [7, 11) is 1.80. The third kappa shape index (κ3) is 4.24. The van der Waals surface area contributed by atoms with E-state index >= 15 is 0 Å². The molecular weight excluding hydrogens is 484 g/mol. The third-order valence-electron chi connectivity index (χ3n) is 10.6. The molecule has 2 saturated heterocycles. The molecule has 8 nitrogen and oxygen atoms in total. The van der Waals surface area contributed by atoms with Crippen LogP contribution in [0, 0.1) is 47.3 Å². The lowest BCUT2D eigenvalue weighted by Gasteiger charge is -2.38. The lowest BCUT2D eigenvalue weighted by atomic mass is 9.65. The summed E-state index contributed by atoms with van der Waals surface area (Å²) in [5, 5.41) is 16.4. The predicted molar refractivity (Wildman–Crippen MR) is 140 cm³/mol. The maximum Gasteiger partial charge on any atom is 0.259 e. The number of carbonyl (C=O) groups is 3. The van der Waals surface area contributed by atoms with E-state index in [0.29, 0.717) is 54.9 Å². The molecule has 2 amide bonds. The first-order valence-electron chi connectivity index (χ1n) is 14.4. The Bertz CT molecular complexity index is 1100. The van der Waals surface area contributed by atoms with Crippen molar-refractivity contribution in [3.05, 3.63) is 35.6 Å². The van der Waals surface area contributed by atoms with Gasteiger partial charge in [0.25, 0.3) is 5.91 Å². The maximum atomic E-state index is 12.9. The summed E-state index contributed by atoms with van der Waals surface area (Å²) in [6.45, 7) is 4.96. The Morgan fingerprint density at radius 1 is 1.08 bits per heavy atom. The smallest absolute Gasteiger partial charge is 0.259 e. The molecule has 3 saturated carbocycles. The van der Waals surface area contributed by atoms with Crippen molar-refractivity contribution in [3.8, 4) is 0 Å². The van der Waals surface area contributed by atoms with Gasteiger partial charge in [0.15, 0.2) is 5.78 Å². The number of hydrogen-bond donors (Lipinski definition) is 3. The molecule has 38 heavy (non-hydrogen) atoms. The van der Waals surface area contributed by atoms with Crippen LogP contribution in [0.3, 0.4) is 0 Å². The largest absolute Gasteiger partial charge is 0.507 e. The number of methoxy groups -OCH3 is 1. The summed E-state index contributed by atoms with van der Waals surface area (Å²) < 4.78 is 12.2. The third-order valence-corrected chi connectivity index (χ3v) is 10.6. The van der Waals surface area contributed by atoms with Gasteiger partial charge in [-0.3, -0.25) is 14.4 Å². The Hall–Kier alpha value is -2.45. The van der Waals surface area contributed by atoms with E-state index in [0.717, 1.165) is 12.8 Å². The summed E-state index contributed by atoms with van der Waals surface area (Å²) in [4.78, 5) is 37.8. The molecule has 0 aromatic heterocycles. The number of amides is 2. The Morgan fingerprint density at radius 2 is 1.84 bits per heavy atom. The van der Waals surface area contributed by atoms with Crippen LogP contribution in [0.15, 0.2) is 35.6 Å². The van der Waals surface area contributed by atoms with Gasteiger partial charge in [-0.1, -0.05) is 19.1 Å². The van der Waals surface area contributed by atoms with Gasteiger partial charge >= 0.3 is 0 Å². The molecule has 3 aliphatic heterocycles. The van der Waals surface area contributed by atoms with Crippen LogP contribution in [0.25, 0.3) is 0 Å². The molecule has 12 atom stereocenters. The average Bonchev–Trinajstić information content (AvgIpc) is 3.35. The number of ketones is 1. The molecule has 0 radical (unpaired) electrons. The molecule has 0 aromatic rings. The van der Waals surface area contributed by atoms with E-state index in [1.165, 1.54) is 6.42 Å². The molecule has 3 N–H and O–H groups in total. The molecule has 5 fully saturated rings. The number of ether oxygens (including phenoxy) is 2. The molecule has 8 heteroatoms. The lowest BCUT2D eigenvalue weighted by Crippen LogP contribution is -2.41. The van der Waals surface area contributed by atoms with Crippen LogP contribution >= 0.6 is 0 Å². The number of aliphatic hydroxyl groups is 1. The zero-order chi connectivity index (χ0) is 26.7. The minimum absolute atomic E-state index is 0.135. The number of nitrogens with one attached hydrogen (secondary N) is 2. The monoisotopic (exact) mass is 524 g/mol. The number of rotatable bonds is 2. The molecule has 0 aromatic carbocycles. The van der Waals surface area contributed by atoms with E-state index in [4.69, 9.17) is 9.47 Å². The van der Waals surface area contributed by atoms with Crippen molar-refractivity contribution in [1.82, 2.24) is 10.6 Å². The maximum absolute atomic E-state index is 12.9. The summed E-state index contributed by atoms with van der Waals surface area (Å²) in [6.07, 6.45) is 11.7. The number of epoxide rings is 1. The van der Waals surface area contributed by atoms with Crippen molar-refractivity contribution in [2.45, 2.75) is 70.3 Å². The molecule has 0 spiro atoms. The first kappa shape index (κ1) is 25.8. The highest BCUT2D eigenvalue weighted by atomic mass is 16.6. The summed E-state index contributed by atoms with van der Waals surface area (Å²) in [6, 6.07) is -0.664. The van der Waals surface area contributed by atoms with E-state index < -0.39 is 11.9 Å². The minimum Gasteiger partial charge on any atom is -0.507 e. The minimum atomic E-state index is -0.664. The molecule has 2 bridgehead atoms. The van der Waals surface area contributed by atoms with Gasteiger partial charge < -0.3 is 25.2 Å². The van der Waals surface area contributed by atoms with Crippen molar-refractivity contribution in [3.63, 3.8) is 0 Å². The van der Waals surface area contributed by atoms with Crippen molar-refractivity contribution in [1.29, 1.82) is 0 Å². The lowest BCUT2D eigenvalue weighted by molar-refractivity contribution is -0.118. The first-order valence-corrected chi connectivity index (χ1v) is 14.4. The van der Waals surface area contributed by atoms with E-state index in [1.807, 2.05) is 12.2 Å². The van der Waals surface area contributed by atoms with Crippen LogP contribution in [0.4, 0.5) is 0 Å². The zero-order valence-corrected chi connectivity index (χ0v) is 22.5. The second-order valence-electron chi connectivity index (χ2n) is 12.4. The normalized spacial score (nSPS) is 46.8. The first-order chi connectivity index (χ1) is 18.3. The Labute approximate surface area is 224 Å². The topological polar surface area (TPSA) is 117 Å². The predicted octanol–water partition coefficient (Wildman–Crippen LogP) is 2.85. The van der Waals surface area contributed by atoms with Crippen LogP contribution in [-0.2, 0) is 23.9 Å². The molecule has 3 aliphatic carbocycles. The Kier molecular flexibility index (Phi) is 6.75. The van der Waals surface area contributed by atoms with Crippen molar-refractivity contribution >= 4 is 17.6 Å². The van der Waals surface area contributed by atoms with Crippen LogP contribution in [0.2, 0.25) is 0 Å². The Morgan fingerprint density at radius 3 is 2.63 bits per heavy atom. The van der Waals surface area contributed by atoms with Gasteiger partial charge in [0.05, 0.1) is 24.4 Å². The zero-order valence-electron chi connectivity index (χ0n) is 22.5. The second-order valence-corrected chi connectivity index (χ2v) is 12.4. The number of carbonyl (C=O) groups excluding carboxylic acids is 3. The van der Waals surface area contributed by atoms with E-state index in [2.05, 4.69) is 24.5 Å². The summed E-state index contributed by atoms with van der Waals surface area (Å²) in [5.41, 5.74) is -0.152. The Balaban J connectivity index is 1.32. The molecule has 206 valence electrons. The number of Topliss-reactive ketones (excluding diaryl/α,β-unsaturated/α-hetero) is 1. The second kappa shape index (κ2) is 9.94. The SMILES string of the molecule is CO[C@@H](C)C1C2[C@H](C[C@H]1C)C1C[C@H]3/C=C/C(O)=C4C(=O)N[C@@H](CCCNC(=O)/C=C\C[C@@H]3C1[C@H]1O[C@H]21)C4=O. The molecule has 6 aliphatic rings. The number of allylic oxidation sites excluding steroid dienone is 3. The molecule has 3 heterocycles. The van der Waals surface area contributed by atoms with E-state index in [1.54, 1.807) is 19.3 Å². The fraction of sp³-hybridized carbons (Fsp3) is 0.700. The average molecular weight is 525 g/mol. The fourth-order valence-electron chi connectivity index (χ4n) is 9.00. The van der Waals surface area contributed by atoms with E-state index in [9.17, 15) is 19.5 Å². The van der Waals surface area contributed by atoms with Crippen LogP contribution in [-0.4, -0.2) is 60.7 Å². The van der Waals surface area contributed by atoms with Crippen molar-refractivity contribution < 1.29 is 29.0 Å². The summed E-state index contributed by atoms with van der Waals surface area (Å²) in [5.74, 6) is 2.16. The fourth-order valence-corrected chi connectivity index (χ4v) is 9.00. The van der Waals surface area contributed by atoms with Gasteiger partial charge in [0.2, 0.25) is 5.91 Å². The van der Waals surface area contributed by atoms with Crippen molar-refractivity contribution in [2.24, 2.45) is 47.3 Å². The van der Waals surface area contributed by atoms with Gasteiger partial charge in [0, 0.05) is 13.7 Å². The van der Waals surface area contributed by atoms with Crippen LogP contribution in [0.5, 0.6) is 0 Å². The van der Waals surface area contributed by atoms with Crippen LogP contribution in [0.1, 0.15) is 46.0 Å². The van der Waals surface area contributed by atoms with Gasteiger partial charge in [-0.2, -0.15) is 0 Å². The highest BCUT2D eigenvalue weighted by molar-refractivity contribution is 6.27.